The van der Waals surface area contributed by atoms with Gasteiger partial charge >= 0.3 is 5.97 Å². The number of benzene rings is 1. The van der Waals surface area contributed by atoms with Crippen LogP contribution in [0.4, 0.5) is 5.69 Å². The van der Waals surface area contributed by atoms with E-state index >= 15 is 0 Å². The monoisotopic (exact) mass is 265 g/mol. The van der Waals surface area contributed by atoms with Crippen LogP contribution in [0.25, 0.3) is 0 Å². The number of thioether (sulfide) groups is 1. The zero-order chi connectivity index (χ0) is 13.3. The minimum atomic E-state index is -0.940. The van der Waals surface area contributed by atoms with E-state index in [1.54, 1.807) is 23.1 Å². The summed E-state index contributed by atoms with van der Waals surface area (Å²) in [6.45, 7) is 4.54. The van der Waals surface area contributed by atoms with E-state index in [0.717, 1.165) is 17.0 Å². The number of aromatic carboxylic acids is 1. The topological polar surface area (TPSA) is 57.6 Å². The number of anilines is 1. The van der Waals surface area contributed by atoms with Gasteiger partial charge in [0.15, 0.2) is 0 Å². The summed E-state index contributed by atoms with van der Waals surface area (Å²) >= 11 is 1.43. The van der Waals surface area contributed by atoms with Crippen LogP contribution in [-0.4, -0.2) is 28.8 Å². The number of hydrogen-bond acceptors (Lipinski definition) is 3. The van der Waals surface area contributed by atoms with Gasteiger partial charge in [-0.05, 0) is 31.5 Å². The van der Waals surface area contributed by atoms with E-state index < -0.39 is 5.97 Å². The number of fused-ring (bicyclic) bond motifs is 1. The highest BCUT2D eigenvalue weighted by molar-refractivity contribution is 8.01. The lowest BCUT2D eigenvalue weighted by atomic mass is 10.1. The van der Waals surface area contributed by atoms with Gasteiger partial charge in [0.25, 0.3) is 0 Å². The van der Waals surface area contributed by atoms with Gasteiger partial charge < -0.3 is 10.0 Å². The quantitative estimate of drug-likeness (QED) is 0.912. The van der Waals surface area contributed by atoms with Crippen molar-refractivity contribution >= 4 is 29.3 Å². The summed E-state index contributed by atoms with van der Waals surface area (Å²) in [6, 6.07) is 4.92. The number of rotatable bonds is 3. The molecule has 1 heterocycles. The van der Waals surface area contributed by atoms with E-state index in [0.29, 0.717) is 6.54 Å². The van der Waals surface area contributed by atoms with Gasteiger partial charge in [0.1, 0.15) is 0 Å². The maximum atomic E-state index is 12.1. The summed E-state index contributed by atoms with van der Waals surface area (Å²) in [5.41, 5.74) is 1.09. The molecule has 2 rings (SSSR count). The first-order valence-corrected chi connectivity index (χ1v) is 6.78. The Morgan fingerprint density at radius 2 is 2.22 bits per heavy atom. The van der Waals surface area contributed by atoms with Crippen molar-refractivity contribution in [3.63, 3.8) is 0 Å². The van der Waals surface area contributed by atoms with Crippen molar-refractivity contribution < 1.29 is 14.7 Å². The Kier molecular flexibility index (Phi) is 3.61. The van der Waals surface area contributed by atoms with Crippen LogP contribution in [0, 0.1) is 0 Å². The van der Waals surface area contributed by atoms with Gasteiger partial charge in [0.2, 0.25) is 5.91 Å². The summed E-state index contributed by atoms with van der Waals surface area (Å²) in [6.07, 6.45) is 0.878. The van der Waals surface area contributed by atoms with Crippen LogP contribution < -0.4 is 4.90 Å². The van der Waals surface area contributed by atoms with Gasteiger partial charge in [0, 0.05) is 11.4 Å². The van der Waals surface area contributed by atoms with E-state index in [9.17, 15) is 9.59 Å². The predicted molar refractivity (Wildman–Crippen MR) is 71.4 cm³/mol. The van der Waals surface area contributed by atoms with E-state index in [1.807, 2.05) is 13.8 Å². The third-order valence-corrected chi connectivity index (χ3v) is 4.00. The smallest absolute Gasteiger partial charge is 0.335 e. The molecule has 96 valence electrons. The summed E-state index contributed by atoms with van der Waals surface area (Å²) in [5, 5.41) is 8.82. The SMILES string of the molecule is CCCN1C(=O)C(C)Sc2cc(C(=O)O)ccc21. The number of carboxylic acid groups (broad SMARTS) is 1. The van der Waals surface area contributed by atoms with Crippen molar-refractivity contribution in [1.82, 2.24) is 0 Å². The number of amides is 1. The average molecular weight is 265 g/mol. The van der Waals surface area contributed by atoms with E-state index in [4.69, 9.17) is 5.11 Å². The zero-order valence-electron chi connectivity index (χ0n) is 10.3. The third kappa shape index (κ3) is 2.22. The molecule has 0 saturated heterocycles. The Hall–Kier alpha value is -1.49. The number of hydrogen-bond donors (Lipinski definition) is 1. The average Bonchev–Trinajstić information content (AvgIpc) is 2.34. The van der Waals surface area contributed by atoms with Crippen molar-refractivity contribution in [2.75, 3.05) is 11.4 Å². The molecule has 0 radical (unpaired) electrons. The van der Waals surface area contributed by atoms with E-state index in [2.05, 4.69) is 0 Å². The molecule has 0 bridgehead atoms. The fraction of sp³-hybridized carbons (Fsp3) is 0.385. The summed E-state index contributed by atoms with van der Waals surface area (Å²) in [5.74, 6) is -0.845. The Morgan fingerprint density at radius 1 is 1.50 bits per heavy atom. The fourth-order valence-electron chi connectivity index (χ4n) is 2.00. The lowest BCUT2D eigenvalue weighted by Gasteiger charge is -2.32. The number of carboxylic acids is 1. The minimum Gasteiger partial charge on any atom is -0.478 e. The van der Waals surface area contributed by atoms with Gasteiger partial charge in [-0.3, -0.25) is 4.79 Å². The van der Waals surface area contributed by atoms with Crippen molar-refractivity contribution in [3.05, 3.63) is 23.8 Å². The van der Waals surface area contributed by atoms with Gasteiger partial charge in [-0.15, -0.1) is 11.8 Å². The second kappa shape index (κ2) is 5.02. The Bertz CT molecular complexity index is 501. The molecule has 1 aliphatic rings. The summed E-state index contributed by atoms with van der Waals surface area (Å²) in [4.78, 5) is 25.7. The lowest BCUT2D eigenvalue weighted by Crippen LogP contribution is -2.40. The zero-order valence-corrected chi connectivity index (χ0v) is 11.2. The molecule has 5 heteroatoms. The first-order valence-electron chi connectivity index (χ1n) is 5.90. The van der Waals surface area contributed by atoms with Crippen LogP contribution in [0.3, 0.4) is 0 Å². The predicted octanol–water partition coefficient (Wildman–Crippen LogP) is 2.62. The van der Waals surface area contributed by atoms with Gasteiger partial charge in [-0.1, -0.05) is 6.92 Å². The Balaban J connectivity index is 2.45. The third-order valence-electron chi connectivity index (χ3n) is 2.86. The Labute approximate surface area is 110 Å². The molecule has 4 nitrogen and oxygen atoms in total. The van der Waals surface area contributed by atoms with Crippen LogP contribution in [0.2, 0.25) is 0 Å². The molecule has 0 aromatic heterocycles. The van der Waals surface area contributed by atoms with Crippen LogP contribution in [0.15, 0.2) is 23.1 Å². The highest BCUT2D eigenvalue weighted by Crippen LogP contribution is 2.39. The number of nitrogens with zero attached hydrogens (tertiary/aromatic N) is 1. The lowest BCUT2D eigenvalue weighted by molar-refractivity contribution is -0.118. The molecule has 18 heavy (non-hydrogen) atoms. The molecule has 0 fully saturated rings. The molecule has 1 unspecified atom stereocenters. The fourth-order valence-corrected chi connectivity index (χ4v) is 3.10. The standard InChI is InChI=1S/C13H15NO3S/c1-3-6-14-10-5-4-9(13(16)17)7-11(10)18-8(2)12(14)15/h4-5,7-8H,3,6H2,1-2H3,(H,16,17). The molecule has 0 spiro atoms. The van der Waals surface area contributed by atoms with Gasteiger partial charge in [-0.25, -0.2) is 4.79 Å². The van der Waals surface area contributed by atoms with E-state index in [1.165, 1.54) is 11.8 Å². The molecule has 0 aliphatic carbocycles. The molecule has 0 saturated carbocycles. The molecule has 1 amide bonds. The van der Waals surface area contributed by atoms with Crippen LogP contribution in [0.1, 0.15) is 30.6 Å². The number of carbonyl (C=O) groups is 2. The summed E-state index contributed by atoms with van der Waals surface area (Å²) in [7, 11) is 0. The van der Waals surface area contributed by atoms with Crippen molar-refractivity contribution in [3.8, 4) is 0 Å². The van der Waals surface area contributed by atoms with Gasteiger partial charge in [0.05, 0.1) is 16.5 Å². The number of carbonyl (C=O) groups excluding carboxylic acids is 1. The maximum Gasteiger partial charge on any atom is 0.335 e. The van der Waals surface area contributed by atoms with Crippen molar-refractivity contribution in [2.24, 2.45) is 0 Å². The normalized spacial score (nSPS) is 18.7. The van der Waals surface area contributed by atoms with Gasteiger partial charge in [-0.2, -0.15) is 0 Å². The molecular formula is C13H15NO3S. The second-order valence-electron chi connectivity index (χ2n) is 4.24. The minimum absolute atomic E-state index is 0.0948. The molecule has 1 aromatic carbocycles. The van der Waals surface area contributed by atoms with Crippen LogP contribution >= 0.6 is 11.8 Å². The van der Waals surface area contributed by atoms with Crippen LogP contribution in [-0.2, 0) is 4.79 Å². The molecule has 1 aliphatic heterocycles. The van der Waals surface area contributed by atoms with Crippen LogP contribution in [0.5, 0.6) is 0 Å². The largest absolute Gasteiger partial charge is 0.478 e. The molecule has 1 atom stereocenters. The second-order valence-corrected chi connectivity index (χ2v) is 5.62. The highest BCUT2D eigenvalue weighted by Gasteiger charge is 2.30. The summed E-state index contributed by atoms with van der Waals surface area (Å²) < 4.78 is 0. The first kappa shape index (κ1) is 13.0. The first-order chi connectivity index (χ1) is 8.54. The molecule has 1 aromatic rings. The maximum absolute atomic E-state index is 12.1. The molecular weight excluding hydrogens is 250 g/mol. The van der Waals surface area contributed by atoms with Crippen molar-refractivity contribution in [1.29, 1.82) is 0 Å². The molecule has 1 N–H and O–H groups in total. The Morgan fingerprint density at radius 3 is 2.83 bits per heavy atom. The van der Waals surface area contributed by atoms with Crippen molar-refractivity contribution in [2.45, 2.75) is 30.4 Å². The highest BCUT2D eigenvalue weighted by atomic mass is 32.2. The van der Waals surface area contributed by atoms with E-state index in [-0.39, 0.29) is 16.7 Å².